The van der Waals surface area contributed by atoms with Gasteiger partial charge in [-0.2, -0.15) is 0 Å². The summed E-state index contributed by atoms with van der Waals surface area (Å²) in [6.45, 7) is 0. The van der Waals surface area contributed by atoms with Crippen LogP contribution in [0.5, 0.6) is 0 Å². The molecule has 0 spiro atoms. The van der Waals surface area contributed by atoms with Crippen molar-refractivity contribution in [3.8, 4) is 0 Å². The summed E-state index contributed by atoms with van der Waals surface area (Å²) in [5.41, 5.74) is 5.35. The van der Waals surface area contributed by atoms with E-state index in [1.165, 1.54) is 12.3 Å². The predicted molar refractivity (Wildman–Crippen MR) is 51.3 cm³/mol. The summed E-state index contributed by atoms with van der Waals surface area (Å²) in [4.78, 5) is 18.4. The molecule has 0 aromatic carbocycles. The number of hydrogen-bond donors (Lipinski definition) is 2. The lowest BCUT2D eigenvalue weighted by Gasteiger charge is -2.05. The van der Waals surface area contributed by atoms with Gasteiger partial charge >= 0.3 is 5.97 Å². The zero-order valence-electron chi connectivity index (χ0n) is 7.30. The Kier molecular flexibility index (Phi) is 2.73. The third-order valence-corrected chi connectivity index (χ3v) is 2.11. The first kappa shape index (κ1) is 10.9. The third kappa shape index (κ3) is 1.83. The zero-order valence-corrected chi connectivity index (χ0v) is 8.12. The number of carbonyl (C=O) groups is 1. The van der Waals surface area contributed by atoms with Gasteiger partial charge < -0.3 is 10.8 Å². The van der Waals surface area contributed by atoms with Crippen molar-refractivity contribution in [2.24, 2.45) is 5.73 Å². The highest BCUT2D eigenvalue weighted by molar-refractivity contribution is 5.85. The van der Waals surface area contributed by atoms with Gasteiger partial charge in [0.25, 0.3) is 0 Å². The molecule has 1 saturated carbocycles. The van der Waals surface area contributed by atoms with Crippen LogP contribution in [0.2, 0.25) is 0 Å². The number of carboxylic acid groups (broad SMARTS) is 1. The zero-order chi connectivity index (χ0) is 9.47. The summed E-state index contributed by atoms with van der Waals surface area (Å²) in [5.74, 6) is -0.611. The molecule has 0 atom stereocenters. The van der Waals surface area contributed by atoms with E-state index in [-0.39, 0.29) is 18.1 Å². The van der Waals surface area contributed by atoms with E-state index in [0.717, 1.165) is 12.8 Å². The summed E-state index contributed by atoms with van der Waals surface area (Å²) in [6, 6.07) is 1.36. The molecule has 0 unspecified atom stereocenters. The Hall–Kier alpha value is -1.20. The maximum atomic E-state index is 10.6. The molecule has 0 bridgehead atoms. The van der Waals surface area contributed by atoms with Gasteiger partial charge in [-0.05, 0) is 18.9 Å². The van der Waals surface area contributed by atoms with Gasteiger partial charge in [0, 0.05) is 6.20 Å². The maximum Gasteiger partial charge on any atom is 0.354 e. The Morgan fingerprint density at radius 1 is 1.57 bits per heavy atom. The predicted octanol–water partition coefficient (Wildman–Crippen LogP) is 0.544. The normalized spacial score (nSPS) is 16.9. The molecule has 1 aliphatic rings. The SMILES string of the molecule is Cl.NC1(c2nccc(C(=O)O)n2)CC1. The first-order valence-electron chi connectivity index (χ1n) is 3.97. The minimum Gasteiger partial charge on any atom is -0.477 e. The van der Waals surface area contributed by atoms with E-state index in [9.17, 15) is 4.79 Å². The Balaban J connectivity index is 0.000000980. The summed E-state index contributed by atoms with van der Waals surface area (Å²) in [7, 11) is 0. The van der Waals surface area contributed by atoms with E-state index in [2.05, 4.69) is 9.97 Å². The Morgan fingerprint density at radius 2 is 2.21 bits per heavy atom. The molecule has 0 aliphatic heterocycles. The molecule has 0 amide bonds. The van der Waals surface area contributed by atoms with Gasteiger partial charge in [-0.1, -0.05) is 0 Å². The van der Waals surface area contributed by atoms with Crippen molar-refractivity contribution < 1.29 is 9.90 Å². The topological polar surface area (TPSA) is 89.1 Å². The van der Waals surface area contributed by atoms with Crippen LogP contribution in [0, 0.1) is 0 Å². The second-order valence-electron chi connectivity index (χ2n) is 3.23. The van der Waals surface area contributed by atoms with Crippen LogP contribution < -0.4 is 5.73 Å². The average Bonchev–Trinajstić information content (AvgIpc) is 2.85. The highest BCUT2D eigenvalue weighted by Gasteiger charge is 2.43. The summed E-state index contributed by atoms with van der Waals surface area (Å²) in [5, 5.41) is 8.66. The van der Waals surface area contributed by atoms with E-state index in [1.54, 1.807) is 0 Å². The van der Waals surface area contributed by atoms with Crippen LogP contribution in [-0.2, 0) is 5.54 Å². The number of carboxylic acids is 1. The summed E-state index contributed by atoms with van der Waals surface area (Å²) >= 11 is 0. The monoisotopic (exact) mass is 215 g/mol. The molecule has 2 rings (SSSR count). The van der Waals surface area contributed by atoms with E-state index >= 15 is 0 Å². The van der Waals surface area contributed by atoms with Crippen LogP contribution in [0.4, 0.5) is 0 Å². The van der Waals surface area contributed by atoms with E-state index in [1.807, 2.05) is 0 Å². The minimum atomic E-state index is -1.05. The van der Waals surface area contributed by atoms with Crippen molar-refractivity contribution in [1.29, 1.82) is 0 Å². The molecule has 1 aromatic heterocycles. The standard InChI is InChI=1S/C8H9N3O2.ClH/c9-8(2-3-8)7-10-4-1-5(11-7)6(12)13;/h1,4H,2-3,9H2,(H,12,13);1H. The highest BCUT2D eigenvalue weighted by Crippen LogP contribution is 2.40. The fraction of sp³-hybridized carbons (Fsp3) is 0.375. The Bertz CT molecular complexity index is 365. The van der Waals surface area contributed by atoms with Gasteiger partial charge in [0.05, 0.1) is 5.54 Å². The first-order chi connectivity index (χ1) is 6.12. The lowest BCUT2D eigenvalue weighted by molar-refractivity contribution is 0.0689. The molecular weight excluding hydrogens is 206 g/mol. The number of hydrogen-bond acceptors (Lipinski definition) is 4. The van der Waals surface area contributed by atoms with Gasteiger partial charge in [-0.15, -0.1) is 12.4 Å². The van der Waals surface area contributed by atoms with Crippen LogP contribution in [0.15, 0.2) is 12.3 Å². The molecule has 5 nitrogen and oxygen atoms in total. The molecule has 1 heterocycles. The molecule has 0 radical (unpaired) electrons. The maximum absolute atomic E-state index is 10.6. The quantitative estimate of drug-likeness (QED) is 0.752. The molecule has 1 aromatic rings. The molecule has 76 valence electrons. The van der Waals surface area contributed by atoms with Crippen molar-refractivity contribution in [3.63, 3.8) is 0 Å². The van der Waals surface area contributed by atoms with Crippen LogP contribution in [0.25, 0.3) is 0 Å². The lowest BCUT2D eigenvalue weighted by Crippen LogP contribution is -2.23. The van der Waals surface area contributed by atoms with Crippen molar-refractivity contribution >= 4 is 18.4 Å². The van der Waals surface area contributed by atoms with Gasteiger partial charge in [0.15, 0.2) is 5.69 Å². The number of halogens is 1. The second kappa shape index (κ2) is 3.51. The lowest BCUT2D eigenvalue weighted by atomic mass is 10.2. The average molecular weight is 216 g/mol. The Labute approximate surface area is 86.8 Å². The van der Waals surface area contributed by atoms with Gasteiger partial charge in [0.2, 0.25) is 0 Å². The number of aromatic nitrogens is 2. The third-order valence-electron chi connectivity index (χ3n) is 2.11. The summed E-state index contributed by atoms with van der Waals surface area (Å²) < 4.78 is 0. The molecule has 0 saturated heterocycles. The highest BCUT2D eigenvalue weighted by atomic mass is 35.5. The van der Waals surface area contributed by atoms with Gasteiger partial charge in [-0.3, -0.25) is 0 Å². The van der Waals surface area contributed by atoms with E-state index in [0.29, 0.717) is 5.82 Å². The van der Waals surface area contributed by atoms with Crippen LogP contribution in [0.3, 0.4) is 0 Å². The fourth-order valence-electron chi connectivity index (χ4n) is 1.08. The molecule has 6 heteroatoms. The smallest absolute Gasteiger partial charge is 0.354 e. The number of nitrogens with two attached hydrogens (primary N) is 1. The van der Waals surface area contributed by atoms with Crippen molar-refractivity contribution in [2.45, 2.75) is 18.4 Å². The summed E-state index contributed by atoms with van der Waals surface area (Å²) in [6.07, 6.45) is 3.09. The van der Waals surface area contributed by atoms with Crippen molar-refractivity contribution in [1.82, 2.24) is 9.97 Å². The molecule has 1 fully saturated rings. The second-order valence-corrected chi connectivity index (χ2v) is 3.23. The van der Waals surface area contributed by atoms with Crippen LogP contribution >= 0.6 is 12.4 Å². The van der Waals surface area contributed by atoms with Gasteiger partial charge in [-0.25, -0.2) is 14.8 Å². The van der Waals surface area contributed by atoms with E-state index < -0.39 is 11.5 Å². The molecule has 1 aliphatic carbocycles. The van der Waals surface area contributed by atoms with E-state index in [4.69, 9.17) is 10.8 Å². The number of nitrogens with zero attached hydrogens (tertiary/aromatic N) is 2. The van der Waals surface area contributed by atoms with Crippen LogP contribution in [0.1, 0.15) is 29.2 Å². The number of rotatable bonds is 2. The number of aromatic carboxylic acids is 1. The first-order valence-corrected chi connectivity index (χ1v) is 3.97. The van der Waals surface area contributed by atoms with Crippen LogP contribution in [-0.4, -0.2) is 21.0 Å². The minimum absolute atomic E-state index is 0. The fourth-order valence-corrected chi connectivity index (χ4v) is 1.08. The Morgan fingerprint density at radius 3 is 2.71 bits per heavy atom. The largest absolute Gasteiger partial charge is 0.477 e. The molecule has 14 heavy (non-hydrogen) atoms. The van der Waals surface area contributed by atoms with Crippen molar-refractivity contribution in [2.75, 3.05) is 0 Å². The molecule has 3 N–H and O–H groups in total. The molecular formula is C8H10ClN3O2. The van der Waals surface area contributed by atoms with Gasteiger partial charge in [0.1, 0.15) is 5.82 Å². The van der Waals surface area contributed by atoms with Crippen molar-refractivity contribution in [3.05, 3.63) is 23.8 Å².